The van der Waals surface area contributed by atoms with Gasteiger partial charge in [0.2, 0.25) is 0 Å². The predicted molar refractivity (Wildman–Crippen MR) is 119 cm³/mol. The Bertz CT molecular complexity index is 694. The highest BCUT2D eigenvalue weighted by atomic mass is 31.2. The molecule has 2 aromatic rings. The maximum absolute atomic E-state index is 12.7. The number of phosphoric acid groups is 1. The summed E-state index contributed by atoms with van der Waals surface area (Å²) in [6.45, 7) is 4.25. The minimum absolute atomic E-state index is 0.225. The highest BCUT2D eigenvalue weighted by Gasteiger charge is 2.38. The second kappa shape index (κ2) is 12.3. The van der Waals surface area contributed by atoms with E-state index in [1.54, 1.807) is 6.92 Å². The van der Waals surface area contributed by atoms with Gasteiger partial charge < -0.3 is 4.89 Å². The topological polar surface area (TPSA) is 55.8 Å². The van der Waals surface area contributed by atoms with Gasteiger partial charge >= 0.3 is 7.82 Å². The molecule has 0 aliphatic rings. The van der Waals surface area contributed by atoms with E-state index in [2.05, 4.69) is 6.92 Å². The van der Waals surface area contributed by atoms with E-state index in [1.807, 2.05) is 60.7 Å². The predicted octanol–water partition coefficient (Wildman–Crippen LogP) is 7.22. The molecule has 5 heteroatoms. The van der Waals surface area contributed by atoms with E-state index in [4.69, 9.17) is 9.05 Å². The van der Waals surface area contributed by atoms with Crippen molar-refractivity contribution in [2.45, 2.75) is 70.8 Å². The number of unbranched alkanes of at least 4 members (excludes halogenated alkanes) is 7. The lowest BCUT2D eigenvalue weighted by Gasteiger charge is -2.32. The summed E-state index contributed by atoms with van der Waals surface area (Å²) < 4.78 is 23.8. The quantitative estimate of drug-likeness (QED) is 0.260. The number of phosphoric ester groups is 1. The fraction of sp³-hybridized carbons (Fsp3) is 0.500. The molecule has 1 unspecified atom stereocenters. The molecular weight excluding hydrogens is 383 g/mol. The zero-order chi connectivity index (χ0) is 21.0. The summed E-state index contributed by atoms with van der Waals surface area (Å²) in [6, 6.07) is 19.0. The fourth-order valence-electron chi connectivity index (χ4n) is 3.46. The second-order valence-electron chi connectivity index (χ2n) is 7.63. The minimum atomic E-state index is -4.22. The lowest BCUT2D eigenvalue weighted by atomic mass is 9.88. The molecule has 0 fully saturated rings. The van der Waals surface area contributed by atoms with Crippen LogP contribution in [0.5, 0.6) is 0 Å². The van der Waals surface area contributed by atoms with Gasteiger partial charge in [0.1, 0.15) is 5.60 Å². The lowest BCUT2D eigenvalue weighted by Crippen LogP contribution is -2.26. The van der Waals surface area contributed by atoms with E-state index in [-0.39, 0.29) is 6.61 Å². The molecule has 0 aliphatic heterocycles. The number of benzene rings is 2. The molecule has 0 aromatic heterocycles. The van der Waals surface area contributed by atoms with Crippen molar-refractivity contribution in [3.05, 3.63) is 71.8 Å². The summed E-state index contributed by atoms with van der Waals surface area (Å²) in [6.07, 6.45) is 9.23. The first kappa shape index (κ1) is 23.8. The Labute approximate surface area is 175 Å². The van der Waals surface area contributed by atoms with Crippen LogP contribution in [-0.4, -0.2) is 11.5 Å². The standard InChI is InChI=1S/C24H35O4P/c1-3-4-5-6-7-8-9-16-21-27-29(25,26)28-24(2,22-17-12-10-13-18-22)23-19-14-11-15-20-23/h10-15,17-20H,3-9,16,21H2,1-2H3,(H,25,26). The molecule has 0 spiro atoms. The van der Waals surface area contributed by atoms with Crippen LogP contribution in [0.4, 0.5) is 0 Å². The first-order valence-corrected chi connectivity index (χ1v) is 12.3. The summed E-state index contributed by atoms with van der Waals surface area (Å²) in [7, 11) is -4.22. The van der Waals surface area contributed by atoms with Gasteiger partial charge in [-0.1, -0.05) is 113 Å². The Balaban J connectivity index is 1.90. The van der Waals surface area contributed by atoms with Gasteiger partial charge in [-0.3, -0.25) is 9.05 Å². The SMILES string of the molecule is CCCCCCCCCCOP(=O)(O)OC(C)(c1ccccc1)c1ccccc1. The summed E-state index contributed by atoms with van der Waals surface area (Å²) in [5, 5.41) is 0. The van der Waals surface area contributed by atoms with Crippen molar-refractivity contribution >= 4 is 7.82 Å². The van der Waals surface area contributed by atoms with Crippen LogP contribution in [0.25, 0.3) is 0 Å². The average Bonchev–Trinajstić information content (AvgIpc) is 2.73. The van der Waals surface area contributed by atoms with Crippen LogP contribution in [0, 0.1) is 0 Å². The Hall–Kier alpha value is -1.45. The Morgan fingerprint density at radius 1 is 0.793 bits per heavy atom. The highest BCUT2D eigenvalue weighted by Crippen LogP contribution is 2.52. The molecular formula is C24H35O4P. The number of hydrogen-bond donors (Lipinski definition) is 1. The van der Waals surface area contributed by atoms with E-state index in [9.17, 15) is 9.46 Å². The number of rotatable bonds is 14. The van der Waals surface area contributed by atoms with Gasteiger partial charge in [0.25, 0.3) is 0 Å². The van der Waals surface area contributed by atoms with E-state index >= 15 is 0 Å². The third kappa shape index (κ3) is 8.06. The van der Waals surface area contributed by atoms with E-state index < -0.39 is 13.4 Å². The Morgan fingerprint density at radius 2 is 1.24 bits per heavy atom. The molecule has 2 aromatic carbocycles. The van der Waals surface area contributed by atoms with Crippen molar-refractivity contribution in [1.29, 1.82) is 0 Å². The van der Waals surface area contributed by atoms with Gasteiger partial charge in [-0.05, 0) is 24.5 Å². The van der Waals surface area contributed by atoms with Crippen LogP contribution in [-0.2, 0) is 19.2 Å². The largest absolute Gasteiger partial charge is 0.473 e. The molecule has 0 saturated heterocycles. The van der Waals surface area contributed by atoms with Crippen LogP contribution >= 0.6 is 7.82 Å². The second-order valence-corrected chi connectivity index (χ2v) is 9.01. The third-order valence-electron chi connectivity index (χ3n) is 5.20. The molecule has 4 nitrogen and oxygen atoms in total. The fourth-order valence-corrected chi connectivity index (χ4v) is 4.54. The number of hydrogen-bond acceptors (Lipinski definition) is 3. The highest BCUT2D eigenvalue weighted by molar-refractivity contribution is 7.47. The maximum atomic E-state index is 12.7. The summed E-state index contributed by atoms with van der Waals surface area (Å²) in [5.74, 6) is 0. The van der Waals surface area contributed by atoms with Crippen molar-refractivity contribution < 1.29 is 18.5 Å². The zero-order valence-electron chi connectivity index (χ0n) is 17.8. The van der Waals surface area contributed by atoms with Crippen LogP contribution in [0.1, 0.15) is 76.3 Å². The molecule has 29 heavy (non-hydrogen) atoms. The lowest BCUT2D eigenvalue weighted by molar-refractivity contribution is 0.0606. The monoisotopic (exact) mass is 418 g/mol. The van der Waals surface area contributed by atoms with Crippen molar-refractivity contribution in [1.82, 2.24) is 0 Å². The van der Waals surface area contributed by atoms with Gasteiger partial charge in [0, 0.05) is 0 Å². The van der Waals surface area contributed by atoms with Crippen LogP contribution < -0.4 is 0 Å². The minimum Gasteiger partial charge on any atom is -0.302 e. The molecule has 0 amide bonds. The molecule has 0 saturated carbocycles. The zero-order valence-corrected chi connectivity index (χ0v) is 18.7. The summed E-state index contributed by atoms with van der Waals surface area (Å²) in [4.78, 5) is 10.4. The third-order valence-corrected chi connectivity index (χ3v) is 6.30. The van der Waals surface area contributed by atoms with Crippen molar-refractivity contribution in [3.63, 3.8) is 0 Å². The van der Waals surface area contributed by atoms with E-state index in [0.29, 0.717) is 0 Å². The van der Waals surface area contributed by atoms with Crippen LogP contribution in [0.15, 0.2) is 60.7 Å². The van der Waals surface area contributed by atoms with Gasteiger partial charge in [0.15, 0.2) is 0 Å². The van der Waals surface area contributed by atoms with Crippen LogP contribution in [0.3, 0.4) is 0 Å². The molecule has 2 rings (SSSR count). The average molecular weight is 419 g/mol. The van der Waals surface area contributed by atoms with Gasteiger partial charge in [-0.2, -0.15) is 0 Å². The van der Waals surface area contributed by atoms with Gasteiger partial charge in [-0.25, -0.2) is 4.57 Å². The molecule has 1 N–H and O–H groups in total. The van der Waals surface area contributed by atoms with Crippen molar-refractivity contribution in [3.8, 4) is 0 Å². The molecule has 0 heterocycles. The first-order chi connectivity index (χ1) is 14.0. The summed E-state index contributed by atoms with van der Waals surface area (Å²) in [5.41, 5.74) is 0.527. The summed E-state index contributed by atoms with van der Waals surface area (Å²) >= 11 is 0. The first-order valence-electron chi connectivity index (χ1n) is 10.8. The normalized spacial score (nSPS) is 13.9. The molecule has 0 bridgehead atoms. The Kier molecular flexibility index (Phi) is 10.1. The molecule has 0 aliphatic carbocycles. The van der Waals surface area contributed by atoms with E-state index in [0.717, 1.165) is 30.4 Å². The molecule has 0 radical (unpaired) electrons. The maximum Gasteiger partial charge on any atom is 0.473 e. The molecule has 160 valence electrons. The van der Waals surface area contributed by atoms with E-state index in [1.165, 1.54) is 32.1 Å². The molecule has 1 atom stereocenters. The van der Waals surface area contributed by atoms with Crippen LogP contribution in [0.2, 0.25) is 0 Å². The Morgan fingerprint density at radius 3 is 1.72 bits per heavy atom. The smallest absolute Gasteiger partial charge is 0.302 e. The van der Waals surface area contributed by atoms with Crippen molar-refractivity contribution in [2.75, 3.05) is 6.61 Å². The van der Waals surface area contributed by atoms with Crippen molar-refractivity contribution in [2.24, 2.45) is 0 Å². The van der Waals surface area contributed by atoms with Gasteiger partial charge in [-0.15, -0.1) is 0 Å². The van der Waals surface area contributed by atoms with Gasteiger partial charge in [0.05, 0.1) is 6.61 Å².